The van der Waals surface area contributed by atoms with Gasteiger partial charge in [0.2, 0.25) is 5.13 Å². The number of hydrogen-bond donors (Lipinski definition) is 1. The Kier molecular flexibility index (Phi) is 4.22. The number of thiazole rings is 1. The molecular weight excluding hydrogens is 342 g/mol. The molecule has 1 aliphatic heterocycles. The van der Waals surface area contributed by atoms with E-state index in [1.807, 2.05) is 40.6 Å². The lowest BCUT2D eigenvalue weighted by Crippen LogP contribution is -2.34. The second-order valence-electron chi connectivity index (χ2n) is 5.44. The summed E-state index contributed by atoms with van der Waals surface area (Å²) in [6.45, 7) is 0.737. The molecule has 1 aliphatic rings. The number of benzene rings is 1. The fourth-order valence-corrected chi connectivity index (χ4v) is 4.17. The van der Waals surface area contributed by atoms with Crippen LogP contribution in [0.3, 0.4) is 0 Å². The lowest BCUT2D eigenvalue weighted by molar-refractivity contribution is 0.207. The van der Waals surface area contributed by atoms with Crippen molar-refractivity contribution in [1.82, 2.24) is 19.2 Å². The maximum atomic E-state index is 12.6. The van der Waals surface area contributed by atoms with E-state index in [4.69, 9.17) is 0 Å². The molecule has 3 aromatic rings. The quantitative estimate of drug-likeness (QED) is 0.768. The van der Waals surface area contributed by atoms with Gasteiger partial charge in [-0.25, -0.2) is 9.78 Å². The highest BCUT2D eigenvalue weighted by Gasteiger charge is 2.32. The Morgan fingerprint density at radius 3 is 2.96 bits per heavy atom. The van der Waals surface area contributed by atoms with E-state index >= 15 is 0 Å². The molecule has 4 rings (SSSR count). The number of rotatable bonds is 3. The van der Waals surface area contributed by atoms with Crippen molar-refractivity contribution >= 4 is 34.0 Å². The van der Waals surface area contributed by atoms with Crippen molar-refractivity contribution in [1.29, 1.82) is 0 Å². The first-order valence-corrected chi connectivity index (χ1v) is 9.33. The minimum Gasteiger partial charge on any atom is -0.315 e. The van der Waals surface area contributed by atoms with Gasteiger partial charge in [0, 0.05) is 35.2 Å². The van der Waals surface area contributed by atoms with Crippen molar-refractivity contribution in [2.75, 3.05) is 11.9 Å². The summed E-state index contributed by atoms with van der Waals surface area (Å²) in [7, 11) is 0. The van der Waals surface area contributed by atoms with Crippen molar-refractivity contribution in [3.63, 3.8) is 0 Å². The summed E-state index contributed by atoms with van der Waals surface area (Å²) in [5.41, 5.74) is 0.941. The zero-order valence-corrected chi connectivity index (χ0v) is 14.4. The summed E-state index contributed by atoms with van der Waals surface area (Å²) in [5, 5.41) is 6.33. The van der Waals surface area contributed by atoms with E-state index < -0.39 is 0 Å². The Hall–Kier alpha value is -2.32. The molecule has 0 saturated carbocycles. The SMILES string of the molecule is O=C(Nc1nc(-c2ccccc2)ns1)N1CCC[C@@H]1c1nccs1. The van der Waals surface area contributed by atoms with Crippen molar-refractivity contribution in [2.45, 2.75) is 18.9 Å². The molecule has 3 heterocycles. The van der Waals surface area contributed by atoms with E-state index in [2.05, 4.69) is 19.7 Å². The van der Waals surface area contributed by atoms with Crippen LogP contribution < -0.4 is 5.32 Å². The average Bonchev–Trinajstić information content (AvgIpc) is 3.36. The summed E-state index contributed by atoms with van der Waals surface area (Å²) in [6, 6.07) is 9.66. The van der Waals surface area contributed by atoms with Crippen LogP contribution in [0.5, 0.6) is 0 Å². The summed E-state index contributed by atoms with van der Waals surface area (Å²) in [5.74, 6) is 0.633. The molecule has 122 valence electrons. The molecule has 24 heavy (non-hydrogen) atoms. The Balaban J connectivity index is 1.47. The summed E-state index contributed by atoms with van der Waals surface area (Å²) in [4.78, 5) is 23.2. The molecule has 1 atom stereocenters. The summed E-state index contributed by atoms with van der Waals surface area (Å²) < 4.78 is 4.32. The summed E-state index contributed by atoms with van der Waals surface area (Å²) >= 11 is 2.79. The lowest BCUT2D eigenvalue weighted by atomic mass is 10.2. The van der Waals surface area contributed by atoms with Gasteiger partial charge in [0.1, 0.15) is 5.01 Å². The molecule has 0 bridgehead atoms. The van der Waals surface area contributed by atoms with Gasteiger partial charge in [-0.15, -0.1) is 11.3 Å². The number of nitrogens with one attached hydrogen (secondary N) is 1. The van der Waals surface area contributed by atoms with Crippen molar-refractivity contribution < 1.29 is 4.79 Å². The smallest absolute Gasteiger partial charge is 0.315 e. The zero-order valence-electron chi connectivity index (χ0n) is 12.8. The highest BCUT2D eigenvalue weighted by molar-refractivity contribution is 7.10. The Labute approximate surface area is 147 Å². The van der Waals surface area contributed by atoms with Gasteiger partial charge in [0.15, 0.2) is 5.82 Å². The van der Waals surface area contributed by atoms with Gasteiger partial charge in [-0.05, 0) is 12.8 Å². The monoisotopic (exact) mass is 357 g/mol. The van der Waals surface area contributed by atoms with Crippen molar-refractivity contribution in [3.05, 3.63) is 46.9 Å². The number of urea groups is 1. The van der Waals surface area contributed by atoms with Crippen molar-refractivity contribution in [3.8, 4) is 11.4 Å². The third kappa shape index (κ3) is 3.02. The predicted molar refractivity (Wildman–Crippen MR) is 95.2 cm³/mol. The van der Waals surface area contributed by atoms with Crippen LogP contribution in [0.2, 0.25) is 0 Å². The molecule has 8 heteroatoms. The molecule has 2 amide bonds. The van der Waals surface area contributed by atoms with Gasteiger partial charge in [0.25, 0.3) is 0 Å². The van der Waals surface area contributed by atoms with Crippen molar-refractivity contribution in [2.24, 2.45) is 0 Å². The molecule has 1 N–H and O–H groups in total. The minimum absolute atomic E-state index is 0.0616. The molecule has 2 aromatic heterocycles. The van der Waals surface area contributed by atoms with E-state index in [-0.39, 0.29) is 12.1 Å². The van der Waals surface area contributed by atoms with Gasteiger partial charge < -0.3 is 4.90 Å². The lowest BCUT2D eigenvalue weighted by Gasteiger charge is -2.22. The fourth-order valence-electron chi connectivity index (χ4n) is 2.81. The molecule has 0 unspecified atom stereocenters. The molecule has 6 nitrogen and oxygen atoms in total. The van der Waals surface area contributed by atoms with Crippen LogP contribution in [0.15, 0.2) is 41.9 Å². The van der Waals surface area contributed by atoms with Crippen LogP contribution in [0.25, 0.3) is 11.4 Å². The highest BCUT2D eigenvalue weighted by Crippen LogP contribution is 2.33. The fraction of sp³-hybridized carbons (Fsp3) is 0.250. The van der Waals surface area contributed by atoms with Gasteiger partial charge in [-0.1, -0.05) is 30.3 Å². The standard InChI is InChI=1S/C16H15N5OS2/c22-16(21-9-4-7-12(21)14-17-8-10-23-14)19-15-18-13(20-24-15)11-5-2-1-3-6-11/h1-3,5-6,8,10,12H,4,7,9H2,(H,18,19,20,22)/t12-/m1/s1. The van der Waals surface area contributed by atoms with E-state index in [1.165, 1.54) is 11.5 Å². The molecule has 0 aliphatic carbocycles. The number of carbonyl (C=O) groups is 1. The normalized spacial score (nSPS) is 17.2. The third-order valence-corrected chi connectivity index (χ3v) is 5.43. The highest BCUT2D eigenvalue weighted by atomic mass is 32.1. The van der Waals surface area contributed by atoms with Gasteiger partial charge in [-0.2, -0.15) is 9.36 Å². The Bertz CT molecular complexity index is 818. The molecule has 0 radical (unpaired) electrons. The van der Waals surface area contributed by atoms with Gasteiger partial charge in [-0.3, -0.25) is 5.32 Å². The van der Waals surface area contributed by atoms with Crippen LogP contribution in [-0.4, -0.2) is 31.8 Å². The number of aromatic nitrogens is 3. The van der Waals surface area contributed by atoms with Crippen LogP contribution >= 0.6 is 22.9 Å². The Morgan fingerprint density at radius 1 is 1.29 bits per heavy atom. The number of carbonyl (C=O) groups excluding carboxylic acids is 1. The number of likely N-dealkylation sites (tertiary alicyclic amines) is 1. The number of anilines is 1. The molecule has 0 spiro atoms. The first-order chi connectivity index (χ1) is 11.8. The van der Waals surface area contributed by atoms with E-state index in [1.54, 1.807) is 17.5 Å². The van der Waals surface area contributed by atoms with Gasteiger partial charge >= 0.3 is 6.03 Å². The van der Waals surface area contributed by atoms with Gasteiger partial charge in [0.05, 0.1) is 6.04 Å². The maximum absolute atomic E-state index is 12.6. The minimum atomic E-state index is -0.136. The predicted octanol–water partition coefficient (Wildman–Crippen LogP) is 4.03. The van der Waals surface area contributed by atoms with E-state index in [0.717, 1.165) is 30.0 Å². The topological polar surface area (TPSA) is 71.0 Å². The zero-order chi connectivity index (χ0) is 16.4. The number of amides is 2. The molecule has 1 fully saturated rings. The second kappa shape index (κ2) is 6.66. The third-order valence-electron chi connectivity index (χ3n) is 3.92. The first-order valence-electron chi connectivity index (χ1n) is 7.67. The van der Waals surface area contributed by atoms with Crippen LogP contribution in [0.1, 0.15) is 23.9 Å². The molecule has 1 aromatic carbocycles. The maximum Gasteiger partial charge on any atom is 0.324 e. The number of nitrogens with zero attached hydrogens (tertiary/aromatic N) is 4. The van der Waals surface area contributed by atoms with Crippen LogP contribution in [0, 0.1) is 0 Å². The second-order valence-corrected chi connectivity index (χ2v) is 7.12. The average molecular weight is 357 g/mol. The molecule has 1 saturated heterocycles. The largest absolute Gasteiger partial charge is 0.324 e. The molecular formula is C16H15N5OS2. The van der Waals surface area contributed by atoms with E-state index in [0.29, 0.717) is 11.0 Å². The van der Waals surface area contributed by atoms with Crippen LogP contribution in [0.4, 0.5) is 9.93 Å². The number of hydrogen-bond acceptors (Lipinski definition) is 6. The van der Waals surface area contributed by atoms with Crippen LogP contribution in [-0.2, 0) is 0 Å². The first kappa shape index (κ1) is 15.2. The Morgan fingerprint density at radius 2 is 2.17 bits per heavy atom. The van der Waals surface area contributed by atoms with E-state index in [9.17, 15) is 4.79 Å². The summed E-state index contributed by atoms with van der Waals surface area (Å²) in [6.07, 6.45) is 3.72.